The lowest BCUT2D eigenvalue weighted by molar-refractivity contribution is -0.120. The molecule has 0 unspecified atom stereocenters. The number of pyridine rings is 3. The molecule has 5 aromatic heterocycles. The van der Waals surface area contributed by atoms with Gasteiger partial charge < -0.3 is 10.3 Å². The molecule has 1 aliphatic carbocycles. The summed E-state index contributed by atoms with van der Waals surface area (Å²) in [6, 6.07) is 9.89. The van der Waals surface area contributed by atoms with Crippen molar-refractivity contribution in [2.24, 2.45) is 5.92 Å². The van der Waals surface area contributed by atoms with Crippen LogP contribution in [0.1, 0.15) is 32.1 Å². The summed E-state index contributed by atoms with van der Waals surface area (Å²) in [5, 5.41) is 11.4. The fraction of sp³-hybridized carbons (Fsp3) is 0.240. The molecule has 8 heteroatoms. The quantitative estimate of drug-likeness (QED) is 0.363. The van der Waals surface area contributed by atoms with Gasteiger partial charge in [-0.15, -0.1) is 0 Å². The van der Waals surface area contributed by atoms with E-state index in [9.17, 15) is 4.79 Å². The van der Waals surface area contributed by atoms with Crippen molar-refractivity contribution in [1.29, 1.82) is 0 Å². The predicted octanol–water partition coefficient (Wildman–Crippen LogP) is 5.08. The number of aromatic amines is 2. The van der Waals surface area contributed by atoms with Crippen molar-refractivity contribution in [3.63, 3.8) is 0 Å². The minimum Gasteiger partial charge on any atom is -0.352 e. The number of nitrogens with one attached hydrogen (secondary N) is 3. The van der Waals surface area contributed by atoms with Crippen molar-refractivity contribution in [3.8, 4) is 22.5 Å². The lowest BCUT2D eigenvalue weighted by Gasteiger charge is -2.20. The maximum atomic E-state index is 12.7. The molecule has 0 radical (unpaired) electrons. The van der Waals surface area contributed by atoms with Crippen LogP contribution in [0.2, 0.25) is 0 Å². The summed E-state index contributed by atoms with van der Waals surface area (Å²) in [5.41, 5.74) is 6.74. The number of hydrogen-bond acceptors (Lipinski definition) is 5. The molecular weight excluding hydrogens is 414 g/mol. The second-order valence-corrected chi connectivity index (χ2v) is 8.60. The van der Waals surface area contributed by atoms with Crippen molar-refractivity contribution in [3.05, 3.63) is 55.1 Å². The molecule has 3 N–H and O–H groups in total. The van der Waals surface area contributed by atoms with Crippen LogP contribution in [0.3, 0.4) is 0 Å². The van der Waals surface area contributed by atoms with E-state index in [0.29, 0.717) is 11.3 Å². The van der Waals surface area contributed by atoms with Gasteiger partial charge in [0.1, 0.15) is 0 Å². The van der Waals surface area contributed by atoms with Gasteiger partial charge in [-0.3, -0.25) is 19.9 Å². The van der Waals surface area contributed by atoms with Crippen LogP contribution in [0, 0.1) is 5.92 Å². The van der Waals surface area contributed by atoms with Crippen molar-refractivity contribution >= 4 is 33.7 Å². The Morgan fingerprint density at radius 2 is 1.88 bits per heavy atom. The Morgan fingerprint density at radius 3 is 2.76 bits per heavy atom. The predicted molar refractivity (Wildman–Crippen MR) is 127 cm³/mol. The van der Waals surface area contributed by atoms with E-state index in [0.717, 1.165) is 64.6 Å². The number of anilines is 1. The molecule has 0 spiro atoms. The molecule has 1 amide bonds. The zero-order valence-electron chi connectivity index (χ0n) is 18.0. The highest BCUT2D eigenvalue weighted by atomic mass is 16.1. The number of carbonyl (C=O) groups excluding carboxylic acids is 1. The maximum absolute atomic E-state index is 12.7. The molecule has 33 heavy (non-hydrogen) atoms. The number of nitrogens with zero attached hydrogens (tertiary/aromatic N) is 4. The summed E-state index contributed by atoms with van der Waals surface area (Å²) >= 11 is 0. The first-order valence-corrected chi connectivity index (χ1v) is 11.3. The summed E-state index contributed by atoms with van der Waals surface area (Å²) < 4.78 is 0. The molecule has 5 aromatic rings. The summed E-state index contributed by atoms with van der Waals surface area (Å²) in [5.74, 6) is 0.187. The standard InChI is InChI=1S/C25H23N7O/c33-25(15-5-2-1-3-6-15)29-18-9-16(12-26-14-18)17-10-19-23(31-32-24(19)28-13-17)22-11-21-20(30-22)7-4-8-27-21/h4,7-15,30H,1-3,5-6H2,(H,29,33)(H,28,31,32). The summed E-state index contributed by atoms with van der Waals surface area (Å²) in [4.78, 5) is 29.3. The molecule has 5 heterocycles. The highest BCUT2D eigenvalue weighted by Crippen LogP contribution is 2.31. The lowest BCUT2D eigenvalue weighted by Crippen LogP contribution is -2.24. The van der Waals surface area contributed by atoms with E-state index >= 15 is 0 Å². The SMILES string of the molecule is O=C(Nc1cncc(-c2cnc3n[nH]c(-c4cc5ncccc5[nH]4)c3c2)c1)C1CCCCC1. The van der Waals surface area contributed by atoms with Crippen LogP contribution in [0.4, 0.5) is 5.69 Å². The summed E-state index contributed by atoms with van der Waals surface area (Å²) in [6.07, 6.45) is 12.4. The van der Waals surface area contributed by atoms with E-state index in [1.807, 2.05) is 30.3 Å². The number of carbonyl (C=O) groups is 1. The highest BCUT2D eigenvalue weighted by Gasteiger charge is 2.21. The minimum atomic E-state index is 0.0896. The van der Waals surface area contributed by atoms with Gasteiger partial charge in [0.15, 0.2) is 5.65 Å². The van der Waals surface area contributed by atoms with Crippen LogP contribution in [0.5, 0.6) is 0 Å². The molecule has 0 aliphatic heterocycles. The maximum Gasteiger partial charge on any atom is 0.227 e. The van der Waals surface area contributed by atoms with Crippen molar-refractivity contribution in [2.75, 3.05) is 5.32 Å². The Kier molecular flexibility index (Phi) is 4.83. The van der Waals surface area contributed by atoms with Gasteiger partial charge in [0.2, 0.25) is 5.91 Å². The molecule has 6 rings (SSSR count). The Labute approximate surface area is 189 Å². The van der Waals surface area contributed by atoms with Gasteiger partial charge in [-0.1, -0.05) is 19.3 Å². The Bertz CT molecular complexity index is 1430. The molecule has 1 aliphatic rings. The van der Waals surface area contributed by atoms with Gasteiger partial charge in [0.05, 0.1) is 34.3 Å². The molecule has 164 valence electrons. The number of fused-ring (bicyclic) bond motifs is 2. The van der Waals surface area contributed by atoms with Crippen molar-refractivity contribution in [1.82, 2.24) is 30.1 Å². The first kappa shape index (κ1) is 19.6. The zero-order chi connectivity index (χ0) is 22.2. The lowest BCUT2D eigenvalue weighted by atomic mass is 9.88. The van der Waals surface area contributed by atoms with E-state index in [-0.39, 0.29) is 11.8 Å². The largest absolute Gasteiger partial charge is 0.352 e. The van der Waals surface area contributed by atoms with E-state index < -0.39 is 0 Å². The smallest absolute Gasteiger partial charge is 0.227 e. The summed E-state index contributed by atoms with van der Waals surface area (Å²) in [6.45, 7) is 0. The highest BCUT2D eigenvalue weighted by molar-refractivity contribution is 5.96. The van der Waals surface area contributed by atoms with Crippen LogP contribution < -0.4 is 5.32 Å². The average Bonchev–Trinajstić information content (AvgIpc) is 3.48. The molecule has 0 saturated heterocycles. The molecule has 0 aromatic carbocycles. The van der Waals surface area contributed by atoms with Gasteiger partial charge in [0, 0.05) is 41.0 Å². The van der Waals surface area contributed by atoms with Gasteiger partial charge >= 0.3 is 0 Å². The van der Waals surface area contributed by atoms with Crippen molar-refractivity contribution < 1.29 is 4.79 Å². The fourth-order valence-corrected chi connectivity index (χ4v) is 4.63. The number of aromatic nitrogens is 6. The number of rotatable bonds is 4. The van der Waals surface area contributed by atoms with E-state index in [4.69, 9.17) is 0 Å². The first-order chi connectivity index (χ1) is 16.2. The molecular formula is C25H23N7O. The third-order valence-corrected chi connectivity index (χ3v) is 6.38. The molecule has 1 saturated carbocycles. The Balaban J connectivity index is 1.32. The average molecular weight is 438 g/mol. The number of hydrogen-bond donors (Lipinski definition) is 3. The van der Waals surface area contributed by atoms with Crippen LogP contribution in [-0.2, 0) is 4.79 Å². The fourth-order valence-electron chi connectivity index (χ4n) is 4.63. The van der Waals surface area contributed by atoms with Gasteiger partial charge in [-0.25, -0.2) is 4.98 Å². The Hall–Kier alpha value is -4.07. The van der Waals surface area contributed by atoms with E-state index in [2.05, 4.69) is 35.5 Å². The molecule has 0 atom stereocenters. The van der Waals surface area contributed by atoms with Crippen LogP contribution >= 0.6 is 0 Å². The van der Waals surface area contributed by atoms with Gasteiger partial charge in [-0.2, -0.15) is 5.10 Å². The second-order valence-electron chi connectivity index (χ2n) is 8.60. The summed E-state index contributed by atoms with van der Waals surface area (Å²) in [7, 11) is 0. The van der Waals surface area contributed by atoms with E-state index in [1.54, 1.807) is 24.8 Å². The van der Waals surface area contributed by atoms with Crippen molar-refractivity contribution in [2.45, 2.75) is 32.1 Å². The first-order valence-electron chi connectivity index (χ1n) is 11.3. The van der Waals surface area contributed by atoms with Crippen LogP contribution in [-0.4, -0.2) is 36.0 Å². The number of amides is 1. The Morgan fingerprint density at radius 1 is 1.00 bits per heavy atom. The molecule has 8 nitrogen and oxygen atoms in total. The van der Waals surface area contributed by atoms with Gasteiger partial charge in [-0.05, 0) is 43.2 Å². The van der Waals surface area contributed by atoms with Gasteiger partial charge in [0.25, 0.3) is 0 Å². The second kappa shape index (κ2) is 8.12. The normalized spacial score (nSPS) is 14.7. The zero-order valence-corrected chi connectivity index (χ0v) is 18.0. The third kappa shape index (κ3) is 3.73. The molecule has 0 bridgehead atoms. The topological polar surface area (TPSA) is 112 Å². The number of H-pyrrole nitrogens is 2. The van der Waals surface area contributed by atoms with Crippen LogP contribution in [0.25, 0.3) is 44.6 Å². The monoisotopic (exact) mass is 437 g/mol. The third-order valence-electron chi connectivity index (χ3n) is 6.38. The minimum absolute atomic E-state index is 0.0896. The van der Waals surface area contributed by atoms with E-state index in [1.165, 1.54) is 6.42 Å². The van der Waals surface area contributed by atoms with Crippen LogP contribution in [0.15, 0.2) is 55.1 Å². The molecule has 1 fully saturated rings.